The highest BCUT2D eigenvalue weighted by molar-refractivity contribution is 6.45. The molecule has 5 atom stereocenters. The van der Waals surface area contributed by atoms with Gasteiger partial charge in [0, 0.05) is 13.8 Å². The lowest BCUT2D eigenvalue weighted by Gasteiger charge is -2.49. The molecule has 0 saturated heterocycles. The first-order valence-electron chi connectivity index (χ1n) is 10.4. The topological polar surface area (TPSA) is 204 Å². The number of carbonyl (C=O) groups excluding carboxylic acids is 6. The number of Topliss-reactive ketones (excluding diaryl/α,β-unsaturated/α-hetero) is 6. The molecule has 152 valence electrons. The molecule has 0 heterocycles. The predicted octanol–water partition coefficient (Wildman–Crippen LogP) is -3.58. The first-order chi connectivity index (χ1) is 14.6. The van der Waals surface area contributed by atoms with Gasteiger partial charge < -0.3 is 25.5 Å². The molecule has 0 amide bonds. The molecule has 0 aromatic heterocycles. The number of carbonyl (C=O) groups is 6. The Morgan fingerprint density at radius 1 is 0.778 bits per heavy atom. The average Bonchev–Trinajstić information content (AvgIpc) is 2.82. The smallest absolute Gasteiger partial charge is 0.240 e. The zero-order valence-corrected chi connectivity index (χ0v) is 13.9. The molecule has 27 heavy (non-hydrogen) atoms. The van der Waals surface area contributed by atoms with E-state index in [1.807, 2.05) is 0 Å². The highest BCUT2D eigenvalue weighted by atomic mass is 16.4. The Labute approximate surface area is 160 Å². The minimum Gasteiger partial charge on any atom is -0.386 e. The lowest BCUT2D eigenvalue weighted by atomic mass is 9.60. The van der Waals surface area contributed by atoms with Gasteiger partial charge in [-0.1, -0.05) is 0 Å². The van der Waals surface area contributed by atoms with Crippen LogP contribution in [0.2, 0.25) is 0 Å². The van der Waals surface area contributed by atoms with Crippen LogP contribution in [0.15, 0.2) is 0 Å². The van der Waals surface area contributed by atoms with E-state index in [0.717, 1.165) is 0 Å². The zero-order chi connectivity index (χ0) is 25.7. The SMILES string of the molecule is [2H]CC(=O)C(=O)[C@@](O)(C(=O)C[2H])[C@](O)(C(=O)C[2H])[C@](O)(C(=O)C[2H])[C@H](O)C(O)C(=O)C[2H]. The Kier molecular flexibility index (Phi) is 4.91. The second-order valence-corrected chi connectivity index (χ2v) is 5.57. The van der Waals surface area contributed by atoms with Gasteiger partial charge >= 0.3 is 0 Å². The minimum atomic E-state index is -4.68. The van der Waals surface area contributed by atoms with Crippen molar-refractivity contribution in [3.8, 4) is 0 Å². The Morgan fingerprint density at radius 2 is 1.30 bits per heavy atom. The molecule has 0 aliphatic carbocycles. The number of aliphatic hydroxyl groups excluding tert-OH is 2. The molecule has 0 rings (SSSR count). The van der Waals surface area contributed by atoms with E-state index < -0.39 is 98.2 Å². The van der Waals surface area contributed by atoms with Gasteiger partial charge in [-0.25, -0.2) is 0 Å². The van der Waals surface area contributed by atoms with Crippen LogP contribution < -0.4 is 0 Å². The van der Waals surface area contributed by atoms with Crippen LogP contribution in [0.3, 0.4) is 0 Å². The zero-order valence-electron chi connectivity index (χ0n) is 18.9. The predicted molar refractivity (Wildman–Crippen MR) is 85.3 cm³/mol. The molecule has 0 aliphatic rings. The first kappa shape index (κ1) is 17.0. The molecule has 11 nitrogen and oxygen atoms in total. The van der Waals surface area contributed by atoms with Crippen molar-refractivity contribution in [3.63, 3.8) is 0 Å². The van der Waals surface area contributed by atoms with Crippen molar-refractivity contribution in [3.05, 3.63) is 0 Å². The van der Waals surface area contributed by atoms with Crippen LogP contribution in [-0.2, 0) is 28.8 Å². The van der Waals surface area contributed by atoms with E-state index in [1.165, 1.54) is 0 Å². The molecule has 0 bridgehead atoms. The molecular formula is C16H22O11. The lowest BCUT2D eigenvalue weighted by Crippen LogP contribution is -2.82. The summed E-state index contributed by atoms with van der Waals surface area (Å²) in [6.45, 7) is -7.88. The molecule has 0 saturated carbocycles. The van der Waals surface area contributed by atoms with Gasteiger partial charge in [0.25, 0.3) is 0 Å². The second-order valence-electron chi connectivity index (χ2n) is 5.57. The fourth-order valence-electron chi connectivity index (χ4n) is 2.37. The van der Waals surface area contributed by atoms with E-state index in [1.54, 1.807) is 0 Å². The molecule has 0 aromatic rings. The van der Waals surface area contributed by atoms with Crippen molar-refractivity contribution >= 4 is 34.7 Å². The Hall–Kier alpha value is -2.18. The maximum absolute atomic E-state index is 12.5. The number of hydrogen-bond donors (Lipinski definition) is 5. The van der Waals surface area contributed by atoms with E-state index in [2.05, 4.69) is 0 Å². The summed E-state index contributed by atoms with van der Waals surface area (Å²) >= 11 is 0. The lowest BCUT2D eigenvalue weighted by molar-refractivity contribution is -0.250. The van der Waals surface area contributed by atoms with Crippen LogP contribution in [0.1, 0.15) is 41.4 Å². The van der Waals surface area contributed by atoms with Crippen molar-refractivity contribution < 1.29 is 61.2 Å². The third-order valence-electron chi connectivity index (χ3n) is 3.95. The molecule has 5 N–H and O–H groups in total. The number of ketones is 6. The monoisotopic (exact) mass is 395 g/mol. The molecule has 0 aromatic carbocycles. The maximum Gasteiger partial charge on any atom is 0.240 e. The van der Waals surface area contributed by atoms with Crippen LogP contribution in [0.4, 0.5) is 0 Å². The van der Waals surface area contributed by atoms with Crippen molar-refractivity contribution in [2.24, 2.45) is 0 Å². The van der Waals surface area contributed by atoms with Crippen molar-refractivity contribution in [2.75, 3.05) is 0 Å². The summed E-state index contributed by atoms with van der Waals surface area (Å²) in [6.07, 6.45) is -6.34. The van der Waals surface area contributed by atoms with Gasteiger partial charge in [0.1, 0.15) is 12.2 Å². The molecule has 0 spiro atoms. The van der Waals surface area contributed by atoms with Gasteiger partial charge in [-0.3, -0.25) is 28.8 Å². The molecule has 11 heteroatoms. The summed E-state index contributed by atoms with van der Waals surface area (Å²) in [5.41, 5.74) is -13.7. The fraction of sp³-hybridized carbons (Fsp3) is 0.625. The molecule has 0 fully saturated rings. The van der Waals surface area contributed by atoms with Crippen molar-refractivity contribution in [1.29, 1.82) is 0 Å². The van der Waals surface area contributed by atoms with Crippen LogP contribution in [0.25, 0.3) is 0 Å². The molecule has 1 unspecified atom stereocenters. The normalized spacial score (nSPS) is 22.6. The fourth-order valence-corrected chi connectivity index (χ4v) is 2.37. The molecule has 0 aliphatic heterocycles. The van der Waals surface area contributed by atoms with Gasteiger partial charge in [0.2, 0.25) is 17.0 Å². The summed E-state index contributed by atoms with van der Waals surface area (Å²) in [6, 6.07) is 0. The number of rotatable bonds is 10. The summed E-state index contributed by atoms with van der Waals surface area (Å²) in [5, 5.41) is 53.0. The van der Waals surface area contributed by atoms with Gasteiger partial charge in [-0.15, -0.1) is 0 Å². The Balaban J connectivity index is 7.64. The van der Waals surface area contributed by atoms with Crippen molar-refractivity contribution in [1.82, 2.24) is 0 Å². The highest BCUT2D eigenvalue weighted by Crippen LogP contribution is 2.40. The summed E-state index contributed by atoms with van der Waals surface area (Å²) in [5.74, 6) is -12.7. The van der Waals surface area contributed by atoms with Gasteiger partial charge in [0.05, 0.1) is 0 Å². The van der Waals surface area contributed by atoms with Gasteiger partial charge in [-0.2, -0.15) is 0 Å². The van der Waals surface area contributed by atoms with Crippen molar-refractivity contribution in [2.45, 2.75) is 63.5 Å². The molecule has 0 radical (unpaired) electrons. The van der Waals surface area contributed by atoms with Crippen LogP contribution >= 0.6 is 0 Å². The second kappa shape index (κ2) is 7.82. The highest BCUT2D eigenvalue weighted by Gasteiger charge is 2.75. The van der Waals surface area contributed by atoms with E-state index in [4.69, 9.17) is 6.85 Å². The van der Waals surface area contributed by atoms with E-state index >= 15 is 0 Å². The first-order valence-corrected chi connectivity index (χ1v) is 6.84. The van der Waals surface area contributed by atoms with E-state index in [-0.39, 0.29) is 0 Å². The Bertz CT molecular complexity index is 805. The number of hydrogen-bond acceptors (Lipinski definition) is 11. The number of aliphatic hydroxyl groups is 5. The standard InChI is InChI=1S/C16H22O11/c1-6(17)11(22)13(24)15(26,9(4)20)16(27,10(5)21)14(25,8(3)19)12(23)7(2)18/h11,13,22,24-27H,1-5H3/t11?,13-,14+,15+,16-/m1/s1/i1D,2D,3D,4D,5D. The van der Waals surface area contributed by atoms with Gasteiger partial charge in [-0.05, 0) is 27.6 Å². The Morgan fingerprint density at radius 3 is 1.70 bits per heavy atom. The van der Waals surface area contributed by atoms with Crippen LogP contribution in [0.5, 0.6) is 0 Å². The summed E-state index contributed by atoms with van der Waals surface area (Å²) in [4.78, 5) is 73.2. The third kappa shape index (κ3) is 3.39. The maximum atomic E-state index is 12.5. The molecular weight excluding hydrogens is 368 g/mol. The van der Waals surface area contributed by atoms with Crippen LogP contribution in [-0.4, -0.2) is 89.2 Å². The summed E-state index contributed by atoms with van der Waals surface area (Å²) in [7, 11) is 0. The third-order valence-corrected chi connectivity index (χ3v) is 3.95. The van der Waals surface area contributed by atoms with Gasteiger partial charge in [0.15, 0.2) is 34.5 Å². The average molecular weight is 395 g/mol. The van der Waals surface area contributed by atoms with E-state index in [0.29, 0.717) is 0 Å². The minimum absolute atomic E-state index is 1.29. The largest absolute Gasteiger partial charge is 0.386 e. The summed E-state index contributed by atoms with van der Waals surface area (Å²) < 4.78 is 35.2. The van der Waals surface area contributed by atoms with Crippen LogP contribution in [0, 0.1) is 0 Å². The van der Waals surface area contributed by atoms with E-state index in [9.17, 15) is 54.3 Å². The quantitative estimate of drug-likeness (QED) is 0.181.